The Bertz CT molecular complexity index is 366. The fourth-order valence-corrected chi connectivity index (χ4v) is 1.40. The normalized spacial score (nSPS) is 10.9. The number of allylic oxidation sites excluding steroid dienone is 1. The van der Waals surface area contributed by atoms with E-state index in [0.717, 1.165) is 11.3 Å². The Labute approximate surface area is 85.1 Å². The van der Waals surface area contributed by atoms with Crippen molar-refractivity contribution in [2.45, 2.75) is 6.92 Å². The zero-order valence-electron chi connectivity index (χ0n) is 8.78. The molecule has 0 bridgehead atoms. The number of benzene rings is 1. The SMILES string of the molecule is C/C=C(\c1ccc(C#N)cc1)N(C)C. The van der Waals surface area contributed by atoms with Crippen molar-refractivity contribution < 1.29 is 0 Å². The van der Waals surface area contributed by atoms with E-state index in [1.807, 2.05) is 45.3 Å². The van der Waals surface area contributed by atoms with E-state index in [-0.39, 0.29) is 0 Å². The van der Waals surface area contributed by atoms with Gasteiger partial charge in [-0.25, -0.2) is 0 Å². The lowest BCUT2D eigenvalue weighted by Gasteiger charge is -2.16. The van der Waals surface area contributed by atoms with Crippen molar-refractivity contribution in [1.82, 2.24) is 4.90 Å². The molecule has 0 fully saturated rings. The van der Waals surface area contributed by atoms with Gasteiger partial charge in [0.1, 0.15) is 0 Å². The number of rotatable bonds is 2. The summed E-state index contributed by atoms with van der Waals surface area (Å²) >= 11 is 0. The van der Waals surface area contributed by atoms with Gasteiger partial charge in [-0.1, -0.05) is 18.2 Å². The molecule has 72 valence electrons. The van der Waals surface area contributed by atoms with Crippen LogP contribution >= 0.6 is 0 Å². The topological polar surface area (TPSA) is 27.0 Å². The van der Waals surface area contributed by atoms with Crippen molar-refractivity contribution in [3.8, 4) is 6.07 Å². The van der Waals surface area contributed by atoms with Gasteiger partial charge in [0.25, 0.3) is 0 Å². The van der Waals surface area contributed by atoms with Crippen LogP contribution in [0, 0.1) is 11.3 Å². The maximum Gasteiger partial charge on any atom is 0.0991 e. The summed E-state index contributed by atoms with van der Waals surface area (Å²) < 4.78 is 0. The van der Waals surface area contributed by atoms with Crippen LogP contribution in [0.2, 0.25) is 0 Å². The Hall–Kier alpha value is -1.75. The molecule has 0 aliphatic rings. The molecule has 1 aromatic rings. The van der Waals surface area contributed by atoms with Gasteiger partial charge < -0.3 is 4.90 Å². The Balaban J connectivity index is 3.03. The fraction of sp³-hybridized carbons (Fsp3) is 0.250. The second kappa shape index (κ2) is 4.48. The summed E-state index contributed by atoms with van der Waals surface area (Å²) in [6.45, 7) is 2.01. The van der Waals surface area contributed by atoms with E-state index in [0.29, 0.717) is 5.56 Å². The summed E-state index contributed by atoms with van der Waals surface area (Å²) in [4.78, 5) is 2.06. The molecule has 0 aliphatic carbocycles. The van der Waals surface area contributed by atoms with Gasteiger partial charge in [0.2, 0.25) is 0 Å². The Morgan fingerprint density at radius 1 is 1.29 bits per heavy atom. The summed E-state index contributed by atoms with van der Waals surface area (Å²) in [5, 5.41) is 8.66. The molecule has 0 N–H and O–H groups in total. The highest BCUT2D eigenvalue weighted by Gasteiger charge is 2.01. The van der Waals surface area contributed by atoms with Crippen molar-refractivity contribution in [2.75, 3.05) is 14.1 Å². The van der Waals surface area contributed by atoms with Crippen LogP contribution in [0.25, 0.3) is 5.70 Å². The number of nitrogens with zero attached hydrogens (tertiary/aromatic N) is 2. The van der Waals surface area contributed by atoms with Crippen LogP contribution in [0.5, 0.6) is 0 Å². The second-order valence-corrected chi connectivity index (χ2v) is 3.26. The van der Waals surface area contributed by atoms with Crippen LogP contribution in [0.3, 0.4) is 0 Å². The van der Waals surface area contributed by atoms with Crippen molar-refractivity contribution >= 4 is 5.70 Å². The molecular formula is C12H14N2. The molecule has 0 spiro atoms. The van der Waals surface area contributed by atoms with E-state index in [2.05, 4.69) is 17.0 Å². The molecule has 0 saturated carbocycles. The van der Waals surface area contributed by atoms with Gasteiger partial charge in [0, 0.05) is 19.8 Å². The lowest BCUT2D eigenvalue weighted by Crippen LogP contribution is -2.09. The molecular weight excluding hydrogens is 172 g/mol. The van der Waals surface area contributed by atoms with Crippen LogP contribution in [0.1, 0.15) is 18.1 Å². The van der Waals surface area contributed by atoms with Crippen LogP contribution < -0.4 is 0 Å². The standard InChI is InChI=1S/C12H14N2/c1-4-12(14(2)3)11-7-5-10(9-13)6-8-11/h4-8H,1-3H3/b12-4+. The first kappa shape index (κ1) is 10.3. The van der Waals surface area contributed by atoms with E-state index >= 15 is 0 Å². The minimum atomic E-state index is 0.697. The lowest BCUT2D eigenvalue weighted by atomic mass is 10.1. The van der Waals surface area contributed by atoms with Crippen molar-refractivity contribution in [3.05, 3.63) is 41.5 Å². The van der Waals surface area contributed by atoms with Crippen molar-refractivity contribution in [1.29, 1.82) is 5.26 Å². The largest absolute Gasteiger partial charge is 0.377 e. The molecule has 1 rings (SSSR count). The Morgan fingerprint density at radius 3 is 2.21 bits per heavy atom. The van der Waals surface area contributed by atoms with E-state index in [1.165, 1.54) is 0 Å². The Morgan fingerprint density at radius 2 is 1.86 bits per heavy atom. The zero-order chi connectivity index (χ0) is 10.6. The summed E-state index contributed by atoms with van der Waals surface area (Å²) in [6.07, 6.45) is 2.06. The van der Waals surface area contributed by atoms with Crippen LogP contribution in [0.4, 0.5) is 0 Å². The van der Waals surface area contributed by atoms with Crippen molar-refractivity contribution in [2.24, 2.45) is 0 Å². The van der Waals surface area contributed by atoms with E-state index in [1.54, 1.807) is 0 Å². The predicted octanol–water partition coefficient (Wildman–Crippen LogP) is 2.48. The zero-order valence-corrected chi connectivity index (χ0v) is 8.78. The molecule has 0 saturated heterocycles. The van der Waals surface area contributed by atoms with E-state index in [9.17, 15) is 0 Å². The number of hydrogen-bond acceptors (Lipinski definition) is 2. The van der Waals surface area contributed by atoms with E-state index < -0.39 is 0 Å². The van der Waals surface area contributed by atoms with Crippen LogP contribution in [0.15, 0.2) is 30.3 Å². The molecule has 0 aliphatic heterocycles. The Kier molecular flexibility index (Phi) is 3.30. The maximum atomic E-state index is 8.66. The molecule has 1 aromatic carbocycles. The fourth-order valence-electron chi connectivity index (χ4n) is 1.40. The van der Waals surface area contributed by atoms with E-state index in [4.69, 9.17) is 5.26 Å². The van der Waals surface area contributed by atoms with Gasteiger partial charge in [-0.2, -0.15) is 5.26 Å². The average Bonchev–Trinajstić information content (AvgIpc) is 2.19. The smallest absolute Gasteiger partial charge is 0.0991 e. The van der Waals surface area contributed by atoms with Gasteiger partial charge in [-0.05, 0) is 24.6 Å². The molecule has 2 heteroatoms. The third-order valence-electron chi connectivity index (χ3n) is 2.07. The molecule has 0 unspecified atom stereocenters. The summed E-state index contributed by atoms with van der Waals surface area (Å²) in [5.74, 6) is 0. The third-order valence-corrected chi connectivity index (χ3v) is 2.07. The van der Waals surface area contributed by atoms with Gasteiger partial charge in [0.05, 0.1) is 11.6 Å². The first-order chi connectivity index (χ1) is 6.69. The number of hydrogen-bond donors (Lipinski definition) is 0. The van der Waals surface area contributed by atoms with Gasteiger partial charge in [-0.3, -0.25) is 0 Å². The molecule has 0 aromatic heterocycles. The van der Waals surface area contributed by atoms with Gasteiger partial charge >= 0.3 is 0 Å². The monoisotopic (exact) mass is 186 g/mol. The molecule has 0 amide bonds. The summed E-state index contributed by atoms with van der Waals surface area (Å²) in [5.41, 5.74) is 2.99. The second-order valence-electron chi connectivity index (χ2n) is 3.26. The highest BCUT2D eigenvalue weighted by Crippen LogP contribution is 2.16. The minimum Gasteiger partial charge on any atom is -0.377 e. The van der Waals surface area contributed by atoms with Crippen LogP contribution in [-0.2, 0) is 0 Å². The predicted molar refractivity (Wildman–Crippen MR) is 58.5 cm³/mol. The lowest BCUT2D eigenvalue weighted by molar-refractivity contribution is 0.591. The average molecular weight is 186 g/mol. The molecule has 0 heterocycles. The highest BCUT2D eigenvalue weighted by molar-refractivity contribution is 5.63. The molecule has 2 nitrogen and oxygen atoms in total. The summed E-state index contributed by atoms with van der Waals surface area (Å²) in [7, 11) is 4.01. The molecule has 0 radical (unpaired) electrons. The maximum absolute atomic E-state index is 8.66. The number of nitriles is 1. The third kappa shape index (κ3) is 2.14. The van der Waals surface area contributed by atoms with Gasteiger partial charge in [0.15, 0.2) is 0 Å². The molecule has 0 atom stereocenters. The van der Waals surface area contributed by atoms with Crippen molar-refractivity contribution in [3.63, 3.8) is 0 Å². The highest BCUT2D eigenvalue weighted by atomic mass is 15.1. The summed E-state index contributed by atoms with van der Waals surface area (Å²) in [6, 6.07) is 9.71. The first-order valence-corrected chi connectivity index (χ1v) is 4.53. The van der Waals surface area contributed by atoms with Gasteiger partial charge in [-0.15, -0.1) is 0 Å². The first-order valence-electron chi connectivity index (χ1n) is 4.53. The quantitative estimate of drug-likeness (QED) is 0.709. The van der Waals surface area contributed by atoms with Crippen LogP contribution in [-0.4, -0.2) is 19.0 Å². The molecule has 14 heavy (non-hydrogen) atoms. The minimum absolute atomic E-state index is 0.697.